The van der Waals surface area contributed by atoms with Gasteiger partial charge in [0.2, 0.25) is 0 Å². The van der Waals surface area contributed by atoms with E-state index in [1.54, 1.807) is 24.9 Å². The van der Waals surface area contributed by atoms with Crippen LogP contribution in [0.2, 0.25) is 0 Å². The zero-order valence-corrected chi connectivity index (χ0v) is 13.9. The smallest absolute Gasteiger partial charge is 0.290 e. The van der Waals surface area contributed by atoms with E-state index in [-0.39, 0.29) is 25.5 Å². The fourth-order valence-electron chi connectivity index (χ4n) is 2.19. The first-order valence-corrected chi connectivity index (χ1v) is 7.21. The number of aliphatic hydroxyl groups is 1. The summed E-state index contributed by atoms with van der Waals surface area (Å²) in [4.78, 5) is 38.0. The van der Waals surface area contributed by atoms with Gasteiger partial charge < -0.3 is 20.1 Å². The van der Waals surface area contributed by atoms with Gasteiger partial charge in [-0.1, -0.05) is 0 Å². The fraction of sp³-hybridized carbons (Fsp3) is 0.400. The molecule has 2 aromatic heterocycles. The van der Waals surface area contributed by atoms with Crippen LogP contribution in [0.4, 0.5) is 0 Å². The standard InChI is InChI=1S/C14H19N5O2.CH2O2/c1-9-13(10(2)17-8-16-9)14(21)19(4-5-20)7-12-6-15-11(3)18-12;2-1-3/h6,8,20H,4-5,7H2,1-3H3,(H,15,18);1H,(H,2,3). The number of hydrogen-bond acceptors (Lipinski definition) is 6. The Labute approximate surface area is 139 Å². The highest BCUT2D eigenvalue weighted by Gasteiger charge is 2.21. The third-order valence-electron chi connectivity index (χ3n) is 3.21. The van der Waals surface area contributed by atoms with Gasteiger partial charge in [-0.15, -0.1) is 0 Å². The fourth-order valence-corrected chi connectivity index (χ4v) is 2.19. The lowest BCUT2D eigenvalue weighted by molar-refractivity contribution is -0.122. The molecule has 3 N–H and O–H groups in total. The molecule has 0 radical (unpaired) electrons. The molecule has 2 aromatic rings. The normalized spacial score (nSPS) is 9.83. The average molecular weight is 335 g/mol. The number of aryl methyl sites for hydroxylation is 3. The van der Waals surface area contributed by atoms with Gasteiger partial charge in [0, 0.05) is 6.54 Å². The number of carbonyl (C=O) groups excluding carboxylic acids is 1. The molecule has 0 fully saturated rings. The Balaban J connectivity index is 0.000000891. The van der Waals surface area contributed by atoms with E-state index >= 15 is 0 Å². The van der Waals surface area contributed by atoms with Gasteiger partial charge in [-0.3, -0.25) is 9.59 Å². The number of nitrogens with one attached hydrogen (secondary N) is 1. The van der Waals surface area contributed by atoms with Crippen LogP contribution < -0.4 is 0 Å². The Kier molecular flexibility index (Phi) is 7.50. The van der Waals surface area contributed by atoms with Crippen LogP contribution >= 0.6 is 0 Å². The molecular weight excluding hydrogens is 314 g/mol. The molecule has 0 saturated heterocycles. The van der Waals surface area contributed by atoms with E-state index in [1.807, 2.05) is 6.92 Å². The zero-order chi connectivity index (χ0) is 18.1. The first-order chi connectivity index (χ1) is 11.4. The molecule has 2 rings (SSSR count). The number of amides is 1. The average Bonchev–Trinajstić information content (AvgIpc) is 2.92. The quantitative estimate of drug-likeness (QED) is 0.676. The van der Waals surface area contributed by atoms with Crippen molar-refractivity contribution < 1.29 is 19.8 Å². The van der Waals surface area contributed by atoms with Crippen LogP contribution in [0.1, 0.15) is 33.3 Å². The van der Waals surface area contributed by atoms with Gasteiger partial charge in [0.05, 0.1) is 42.0 Å². The van der Waals surface area contributed by atoms with Gasteiger partial charge in [-0.25, -0.2) is 15.0 Å². The number of carboxylic acid groups (broad SMARTS) is 1. The topological polar surface area (TPSA) is 132 Å². The number of aromatic amines is 1. The van der Waals surface area contributed by atoms with Gasteiger partial charge in [-0.05, 0) is 20.8 Å². The summed E-state index contributed by atoms with van der Waals surface area (Å²) in [5.74, 6) is 0.601. The summed E-state index contributed by atoms with van der Waals surface area (Å²) in [6.45, 7) is 5.64. The molecule has 2 heterocycles. The highest BCUT2D eigenvalue weighted by Crippen LogP contribution is 2.14. The summed E-state index contributed by atoms with van der Waals surface area (Å²) >= 11 is 0. The monoisotopic (exact) mass is 335 g/mol. The zero-order valence-electron chi connectivity index (χ0n) is 13.9. The van der Waals surface area contributed by atoms with Crippen molar-refractivity contribution in [2.24, 2.45) is 0 Å². The van der Waals surface area contributed by atoms with E-state index in [9.17, 15) is 9.90 Å². The van der Waals surface area contributed by atoms with E-state index < -0.39 is 0 Å². The third kappa shape index (κ3) is 5.13. The molecule has 0 saturated carbocycles. The Morgan fingerprint density at radius 1 is 1.25 bits per heavy atom. The van der Waals surface area contributed by atoms with Crippen LogP contribution in [-0.4, -0.2) is 60.6 Å². The molecular formula is C15H21N5O4. The van der Waals surface area contributed by atoms with E-state index in [4.69, 9.17) is 9.90 Å². The van der Waals surface area contributed by atoms with Gasteiger partial charge in [0.25, 0.3) is 12.4 Å². The minimum atomic E-state index is -0.250. The third-order valence-corrected chi connectivity index (χ3v) is 3.21. The molecule has 0 aliphatic heterocycles. The number of nitrogens with zero attached hydrogens (tertiary/aromatic N) is 4. The van der Waals surface area contributed by atoms with Crippen LogP contribution in [0.15, 0.2) is 12.5 Å². The number of H-pyrrole nitrogens is 1. The highest BCUT2D eigenvalue weighted by atomic mass is 16.3. The molecule has 0 aromatic carbocycles. The molecule has 0 unspecified atom stereocenters. The van der Waals surface area contributed by atoms with Crippen molar-refractivity contribution in [2.75, 3.05) is 13.2 Å². The van der Waals surface area contributed by atoms with Gasteiger partial charge in [-0.2, -0.15) is 0 Å². The molecule has 0 spiro atoms. The molecule has 1 amide bonds. The maximum atomic E-state index is 12.7. The van der Waals surface area contributed by atoms with Crippen molar-refractivity contribution in [1.82, 2.24) is 24.8 Å². The maximum Gasteiger partial charge on any atom is 0.290 e. The number of imidazole rings is 1. The molecule has 0 aliphatic carbocycles. The minimum absolute atomic E-state index is 0.107. The van der Waals surface area contributed by atoms with E-state index in [2.05, 4.69) is 19.9 Å². The minimum Gasteiger partial charge on any atom is -0.483 e. The van der Waals surface area contributed by atoms with Crippen molar-refractivity contribution in [1.29, 1.82) is 0 Å². The van der Waals surface area contributed by atoms with E-state index in [1.165, 1.54) is 6.33 Å². The maximum absolute atomic E-state index is 12.7. The molecule has 0 bridgehead atoms. The van der Waals surface area contributed by atoms with Crippen molar-refractivity contribution in [3.05, 3.63) is 41.0 Å². The first-order valence-electron chi connectivity index (χ1n) is 7.21. The predicted molar refractivity (Wildman–Crippen MR) is 85.3 cm³/mol. The summed E-state index contributed by atoms with van der Waals surface area (Å²) in [5.41, 5.74) is 2.58. The number of carbonyl (C=O) groups is 2. The highest BCUT2D eigenvalue weighted by molar-refractivity contribution is 5.96. The van der Waals surface area contributed by atoms with Crippen LogP contribution in [0, 0.1) is 20.8 Å². The lowest BCUT2D eigenvalue weighted by Crippen LogP contribution is -2.34. The molecule has 9 nitrogen and oxygen atoms in total. The summed E-state index contributed by atoms with van der Waals surface area (Å²) in [7, 11) is 0. The summed E-state index contributed by atoms with van der Waals surface area (Å²) in [6, 6.07) is 0. The van der Waals surface area contributed by atoms with Crippen LogP contribution in [0.3, 0.4) is 0 Å². The van der Waals surface area contributed by atoms with Crippen molar-refractivity contribution >= 4 is 12.4 Å². The Bertz CT molecular complexity index is 666. The molecule has 24 heavy (non-hydrogen) atoms. The van der Waals surface area contributed by atoms with E-state index in [0.717, 1.165) is 11.5 Å². The second-order valence-corrected chi connectivity index (χ2v) is 4.97. The number of hydrogen-bond donors (Lipinski definition) is 3. The lowest BCUT2D eigenvalue weighted by atomic mass is 10.1. The molecule has 0 atom stereocenters. The van der Waals surface area contributed by atoms with E-state index in [0.29, 0.717) is 23.5 Å². The predicted octanol–water partition coefficient (Wildman–Crippen LogP) is 0.460. The first kappa shape index (κ1) is 19.2. The largest absolute Gasteiger partial charge is 0.483 e. The van der Waals surface area contributed by atoms with Crippen molar-refractivity contribution in [3.8, 4) is 0 Å². The molecule has 130 valence electrons. The van der Waals surface area contributed by atoms with Crippen LogP contribution in [0.25, 0.3) is 0 Å². The molecule has 0 aliphatic rings. The van der Waals surface area contributed by atoms with Gasteiger partial charge >= 0.3 is 0 Å². The Morgan fingerprint density at radius 2 is 1.83 bits per heavy atom. The Hall–Kier alpha value is -2.81. The van der Waals surface area contributed by atoms with Crippen molar-refractivity contribution in [3.63, 3.8) is 0 Å². The summed E-state index contributed by atoms with van der Waals surface area (Å²) in [6.07, 6.45) is 3.13. The van der Waals surface area contributed by atoms with Crippen LogP contribution in [0.5, 0.6) is 0 Å². The summed E-state index contributed by atoms with van der Waals surface area (Å²) in [5, 5.41) is 16.1. The van der Waals surface area contributed by atoms with Gasteiger partial charge in [0.15, 0.2) is 0 Å². The number of rotatable bonds is 5. The number of aliphatic hydroxyl groups excluding tert-OH is 1. The summed E-state index contributed by atoms with van der Waals surface area (Å²) < 4.78 is 0. The van der Waals surface area contributed by atoms with Crippen LogP contribution in [-0.2, 0) is 11.3 Å². The van der Waals surface area contributed by atoms with Crippen molar-refractivity contribution in [2.45, 2.75) is 27.3 Å². The SMILES string of the molecule is Cc1ncc(CN(CCO)C(=O)c2c(C)ncnc2C)[nH]1.O=CO. The number of aromatic nitrogens is 4. The second kappa shape index (κ2) is 9.36. The lowest BCUT2D eigenvalue weighted by Gasteiger charge is -2.22. The Morgan fingerprint density at radius 3 is 2.29 bits per heavy atom. The second-order valence-electron chi connectivity index (χ2n) is 4.97. The molecule has 9 heteroatoms. The van der Waals surface area contributed by atoms with Gasteiger partial charge in [0.1, 0.15) is 12.2 Å².